The summed E-state index contributed by atoms with van der Waals surface area (Å²) in [4.78, 5) is 11.6. The van der Waals surface area contributed by atoms with Gasteiger partial charge in [-0.2, -0.15) is 0 Å². The molecule has 16 heavy (non-hydrogen) atoms. The summed E-state index contributed by atoms with van der Waals surface area (Å²) in [5, 5.41) is 2.92. The molecular weight excluding hydrogens is 204 g/mol. The Balaban J connectivity index is 2.33. The Bertz CT molecular complexity index is 236. The fourth-order valence-electron chi connectivity index (χ4n) is 1.95. The van der Waals surface area contributed by atoms with Crippen LogP contribution >= 0.6 is 0 Å². The maximum absolute atomic E-state index is 11.6. The Morgan fingerprint density at radius 1 is 1.25 bits per heavy atom. The van der Waals surface area contributed by atoms with Gasteiger partial charge in [-0.05, 0) is 52.9 Å². The second-order valence-electron chi connectivity index (χ2n) is 5.61. The summed E-state index contributed by atoms with van der Waals surface area (Å²) < 4.78 is 5.23. The van der Waals surface area contributed by atoms with E-state index in [9.17, 15) is 4.79 Å². The van der Waals surface area contributed by atoms with Crippen molar-refractivity contribution < 1.29 is 9.53 Å². The van der Waals surface area contributed by atoms with Crippen LogP contribution in [0.2, 0.25) is 0 Å². The van der Waals surface area contributed by atoms with Crippen molar-refractivity contribution >= 4 is 6.09 Å². The summed E-state index contributed by atoms with van der Waals surface area (Å²) in [5.74, 6) is 0. The van der Waals surface area contributed by atoms with Crippen molar-refractivity contribution in [3.05, 3.63) is 0 Å². The molecule has 4 heteroatoms. The second-order valence-corrected chi connectivity index (χ2v) is 5.61. The minimum Gasteiger partial charge on any atom is -0.444 e. The van der Waals surface area contributed by atoms with Gasteiger partial charge in [0, 0.05) is 12.1 Å². The Morgan fingerprint density at radius 2 is 1.94 bits per heavy atom. The molecule has 3 N–H and O–H groups in total. The first kappa shape index (κ1) is 13.3. The summed E-state index contributed by atoms with van der Waals surface area (Å²) in [5.41, 5.74) is 5.46. The number of amides is 1. The fourth-order valence-corrected chi connectivity index (χ4v) is 1.95. The molecule has 0 unspecified atom stereocenters. The zero-order chi connectivity index (χ0) is 12.2. The number of carbonyl (C=O) groups excluding carboxylic acids is 1. The topological polar surface area (TPSA) is 64.3 Å². The quantitative estimate of drug-likeness (QED) is 0.676. The van der Waals surface area contributed by atoms with Crippen LogP contribution in [-0.4, -0.2) is 23.8 Å². The molecule has 1 amide bonds. The van der Waals surface area contributed by atoms with Gasteiger partial charge >= 0.3 is 6.09 Å². The molecule has 1 rings (SSSR count). The highest BCUT2D eigenvalue weighted by molar-refractivity contribution is 5.68. The first-order valence-electron chi connectivity index (χ1n) is 6.12. The predicted molar refractivity (Wildman–Crippen MR) is 64.2 cm³/mol. The van der Waals surface area contributed by atoms with Gasteiger partial charge in [-0.25, -0.2) is 4.79 Å². The lowest BCUT2D eigenvalue weighted by molar-refractivity contribution is 0.0499. The second kappa shape index (κ2) is 5.53. The first-order chi connectivity index (χ1) is 7.37. The number of nitrogens with one attached hydrogen (secondary N) is 1. The average molecular weight is 228 g/mol. The molecule has 0 saturated heterocycles. The Morgan fingerprint density at radius 3 is 2.56 bits per heavy atom. The number of hydrogen-bond acceptors (Lipinski definition) is 3. The van der Waals surface area contributed by atoms with Crippen LogP contribution < -0.4 is 11.1 Å². The number of rotatable bonds is 1. The summed E-state index contributed by atoms with van der Waals surface area (Å²) >= 11 is 0. The van der Waals surface area contributed by atoms with Crippen LogP contribution in [0.4, 0.5) is 4.79 Å². The van der Waals surface area contributed by atoms with E-state index in [-0.39, 0.29) is 12.1 Å². The Labute approximate surface area is 97.9 Å². The van der Waals surface area contributed by atoms with Crippen molar-refractivity contribution in [3.8, 4) is 0 Å². The third kappa shape index (κ3) is 5.35. The average Bonchev–Trinajstić information content (AvgIpc) is 2.27. The molecule has 0 heterocycles. The fraction of sp³-hybridized carbons (Fsp3) is 0.917. The lowest BCUT2D eigenvalue weighted by atomic mass is 10.1. The van der Waals surface area contributed by atoms with Crippen molar-refractivity contribution in [1.29, 1.82) is 0 Å². The van der Waals surface area contributed by atoms with E-state index in [0.29, 0.717) is 6.04 Å². The standard InChI is InChI=1S/C12H24N2O2/c1-12(2,3)16-11(15)14-10-6-4-5-9(13)7-8-10/h9-10H,4-8,13H2,1-3H3,(H,14,15)/t9-,10+/m1/s1. The molecule has 1 aliphatic carbocycles. The maximum Gasteiger partial charge on any atom is 0.407 e. The van der Waals surface area contributed by atoms with E-state index in [0.717, 1.165) is 32.1 Å². The van der Waals surface area contributed by atoms with E-state index in [1.165, 1.54) is 0 Å². The van der Waals surface area contributed by atoms with Crippen LogP contribution in [0.15, 0.2) is 0 Å². The van der Waals surface area contributed by atoms with E-state index < -0.39 is 5.60 Å². The van der Waals surface area contributed by atoms with Crippen LogP contribution in [0.5, 0.6) is 0 Å². The zero-order valence-electron chi connectivity index (χ0n) is 10.6. The minimum atomic E-state index is -0.425. The van der Waals surface area contributed by atoms with Gasteiger partial charge < -0.3 is 15.8 Å². The highest BCUT2D eigenvalue weighted by Gasteiger charge is 2.21. The van der Waals surface area contributed by atoms with E-state index in [4.69, 9.17) is 10.5 Å². The smallest absolute Gasteiger partial charge is 0.407 e. The van der Waals surface area contributed by atoms with Gasteiger partial charge in [-0.3, -0.25) is 0 Å². The zero-order valence-corrected chi connectivity index (χ0v) is 10.6. The SMILES string of the molecule is CC(C)(C)OC(=O)N[C@H]1CCC[C@@H](N)CC1. The minimum absolute atomic E-state index is 0.225. The molecule has 0 bridgehead atoms. The summed E-state index contributed by atoms with van der Waals surface area (Å²) in [6.07, 6.45) is 4.79. The summed E-state index contributed by atoms with van der Waals surface area (Å²) in [7, 11) is 0. The third-order valence-corrected chi connectivity index (χ3v) is 2.73. The molecule has 0 aromatic carbocycles. The number of ether oxygens (including phenoxy) is 1. The van der Waals surface area contributed by atoms with Gasteiger partial charge in [0.2, 0.25) is 0 Å². The highest BCUT2D eigenvalue weighted by Crippen LogP contribution is 2.17. The molecule has 1 aliphatic rings. The Hall–Kier alpha value is -0.770. The number of alkyl carbamates (subject to hydrolysis) is 1. The highest BCUT2D eigenvalue weighted by atomic mass is 16.6. The molecule has 2 atom stereocenters. The third-order valence-electron chi connectivity index (χ3n) is 2.73. The molecule has 0 aromatic rings. The van der Waals surface area contributed by atoms with Gasteiger partial charge in [0.1, 0.15) is 5.60 Å². The largest absolute Gasteiger partial charge is 0.444 e. The predicted octanol–water partition coefficient (Wildman–Crippen LogP) is 2.17. The van der Waals surface area contributed by atoms with Crippen LogP contribution in [0.1, 0.15) is 52.9 Å². The number of nitrogens with two attached hydrogens (primary N) is 1. The van der Waals surface area contributed by atoms with Gasteiger partial charge in [0.25, 0.3) is 0 Å². The molecular formula is C12H24N2O2. The molecule has 4 nitrogen and oxygen atoms in total. The summed E-state index contributed by atoms with van der Waals surface area (Å²) in [6.45, 7) is 5.61. The van der Waals surface area contributed by atoms with Crippen LogP contribution in [0.3, 0.4) is 0 Å². The van der Waals surface area contributed by atoms with Gasteiger partial charge in [0.05, 0.1) is 0 Å². The number of hydrogen-bond donors (Lipinski definition) is 2. The summed E-state index contributed by atoms with van der Waals surface area (Å²) in [6, 6.07) is 0.522. The van der Waals surface area contributed by atoms with Crippen LogP contribution in [0, 0.1) is 0 Å². The first-order valence-corrected chi connectivity index (χ1v) is 6.12. The molecule has 0 spiro atoms. The molecule has 0 aliphatic heterocycles. The molecule has 94 valence electrons. The van der Waals surface area contributed by atoms with E-state index in [1.807, 2.05) is 20.8 Å². The van der Waals surface area contributed by atoms with Gasteiger partial charge in [-0.15, -0.1) is 0 Å². The lowest BCUT2D eigenvalue weighted by Crippen LogP contribution is -2.39. The molecule has 1 saturated carbocycles. The van der Waals surface area contributed by atoms with E-state index in [2.05, 4.69) is 5.32 Å². The van der Waals surface area contributed by atoms with Crippen molar-refractivity contribution in [2.45, 2.75) is 70.6 Å². The van der Waals surface area contributed by atoms with Crippen LogP contribution in [-0.2, 0) is 4.74 Å². The van der Waals surface area contributed by atoms with Crippen molar-refractivity contribution in [2.24, 2.45) is 5.73 Å². The van der Waals surface area contributed by atoms with Gasteiger partial charge in [0.15, 0.2) is 0 Å². The van der Waals surface area contributed by atoms with Crippen molar-refractivity contribution in [3.63, 3.8) is 0 Å². The van der Waals surface area contributed by atoms with E-state index >= 15 is 0 Å². The Kier molecular flexibility index (Phi) is 4.59. The van der Waals surface area contributed by atoms with Crippen LogP contribution in [0.25, 0.3) is 0 Å². The molecule has 1 fully saturated rings. The van der Waals surface area contributed by atoms with E-state index in [1.54, 1.807) is 0 Å². The van der Waals surface area contributed by atoms with Gasteiger partial charge in [-0.1, -0.05) is 0 Å². The molecule has 0 aromatic heterocycles. The normalized spacial score (nSPS) is 27.0. The lowest BCUT2D eigenvalue weighted by Gasteiger charge is -2.22. The number of carbonyl (C=O) groups is 1. The van der Waals surface area contributed by atoms with Crippen molar-refractivity contribution in [1.82, 2.24) is 5.32 Å². The maximum atomic E-state index is 11.6. The molecule has 0 radical (unpaired) electrons. The van der Waals surface area contributed by atoms with Crippen molar-refractivity contribution in [2.75, 3.05) is 0 Å². The monoisotopic (exact) mass is 228 g/mol.